The number of hydrogen-bond donors (Lipinski definition) is 2. The second kappa shape index (κ2) is 5.34. The number of anilines is 1. The molecule has 1 atom stereocenters. The van der Waals surface area contributed by atoms with Crippen LogP contribution in [0, 0.1) is 0 Å². The van der Waals surface area contributed by atoms with Gasteiger partial charge in [-0.3, -0.25) is 0 Å². The van der Waals surface area contributed by atoms with Gasteiger partial charge >= 0.3 is 0 Å². The van der Waals surface area contributed by atoms with Gasteiger partial charge in [0.2, 0.25) is 0 Å². The maximum absolute atomic E-state index is 10.5. The van der Waals surface area contributed by atoms with E-state index < -0.39 is 5.60 Å². The summed E-state index contributed by atoms with van der Waals surface area (Å²) in [6.07, 6.45) is 1.54. The van der Waals surface area contributed by atoms with Crippen molar-refractivity contribution < 1.29 is 9.52 Å². The van der Waals surface area contributed by atoms with Gasteiger partial charge < -0.3 is 14.8 Å². The zero-order valence-corrected chi connectivity index (χ0v) is 13.7. The van der Waals surface area contributed by atoms with Gasteiger partial charge in [-0.15, -0.1) is 15.3 Å². The molecule has 7 heteroatoms. The van der Waals surface area contributed by atoms with Crippen LogP contribution in [0.5, 0.6) is 0 Å². The van der Waals surface area contributed by atoms with E-state index in [1.807, 2.05) is 12.1 Å². The van der Waals surface area contributed by atoms with E-state index in [1.54, 1.807) is 29.8 Å². The molecule has 0 aliphatic carbocycles. The molecule has 0 spiro atoms. The molecule has 0 radical (unpaired) electrons. The molecule has 3 aromatic rings. The molecular weight excluding hydrogens is 294 g/mol. The number of aromatic nitrogens is 4. The van der Waals surface area contributed by atoms with Crippen molar-refractivity contribution in [3.63, 3.8) is 0 Å². The first kappa shape index (κ1) is 15.5. The molecule has 1 unspecified atom stereocenters. The fourth-order valence-electron chi connectivity index (χ4n) is 2.29. The van der Waals surface area contributed by atoms with Crippen molar-refractivity contribution in [3.05, 3.63) is 42.1 Å². The van der Waals surface area contributed by atoms with Gasteiger partial charge in [-0.05, 0) is 31.2 Å². The summed E-state index contributed by atoms with van der Waals surface area (Å²) in [4.78, 5) is 0. The Kier molecular flexibility index (Phi) is 3.60. The van der Waals surface area contributed by atoms with Crippen molar-refractivity contribution in [2.24, 2.45) is 0 Å². The van der Waals surface area contributed by atoms with Gasteiger partial charge in [0.25, 0.3) is 0 Å². The molecule has 0 fully saturated rings. The lowest BCUT2D eigenvalue weighted by atomic mass is 9.96. The Hall–Kier alpha value is -2.41. The molecule has 0 amide bonds. The highest BCUT2D eigenvalue weighted by molar-refractivity contribution is 5.44. The van der Waals surface area contributed by atoms with E-state index in [0.29, 0.717) is 17.2 Å². The minimum absolute atomic E-state index is 0.162. The van der Waals surface area contributed by atoms with E-state index in [9.17, 15) is 5.11 Å². The van der Waals surface area contributed by atoms with E-state index in [1.165, 1.54) is 0 Å². The molecule has 0 aliphatic rings. The van der Waals surface area contributed by atoms with Crippen molar-refractivity contribution in [3.8, 4) is 0 Å². The summed E-state index contributed by atoms with van der Waals surface area (Å²) in [7, 11) is 0. The number of hydrogen-bond acceptors (Lipinski definition) is 6. The molecule has 7 nitrogen and oxygen atoms in total. The molecule has 0 bridgehead atoms. The largest absolute Gasteiger partial charge is 0.466 e. The van der Waals surface area contributed by atoms with E-state index in [2.05, 4.69) is 41.4 Å². The third-order valence-corrected chi connectivity index (χ3v) is 3.60. The van der Waals surface area contributed by atoms with Crippen LogP contribution in [0.2, 0.25) is 0 Å². The van der Waals surface area contributed by atoms with E-state index in [-0.39, 0.29) is 12.0 Å². The third-order valence-electron chi connectivity index (χ3n) is 3.60. The molecule has 0 aliphatic heterocycles. The van der Waals surface area contributed by atoms with Gasteiger partial charge in [-0.2, -0.15) is 4.52 Å². The maximum Gasteiger partial charge on any atom is 0.178 e. The van der Waals surface area contributed by atoms with Crippen molar-refractivity contribution in [1.29, 1.82) is 0 Å². The van der Waals surface area contributed by atoms with Crippen LogP contribution in [-0.4, -0.2) is 31.5 Å². The number of nitrogens with zero attached hydrogens (tertiary/aromatic N) is 4. The Bertz CT molecular complexity index is 800. The zero-order valence-electron chi connectivity index (χ0n) is 13.7. The predicted molar refractivity (Wildman–Crippen MR) is 86.3 cm³/mol. The number of nitrogens with one attached hydrogen (secondary N) is 1. The smallest absolute Gasteiger partial charge is 0.178 e. The van der Waals surface area contributed by atoms with Gasteiger partial charge in [0.05, 0.1) is 12.8 Å². The molecule has 3 heterocycles. The van der Waals surface area contributed by atoms with Crippen LogP contribution >= 0.6 is 0 Å². The molecule has 0 saturated heterocycles. The van der Waals surface area contributed by atoms with Gasteiger partial charge in [-0.1, -0.05) is 20.8 Å². The molecule has 2 N–H and O–H groups in total. The minimum atomic E-state index is -1.12. The SMILES string of the molecule is CC(C)(C)c1nnc2ccc(NCC(C)(O)c3ccco3)nn12. The summed E-state index contributed by atoms with van der Waals surface area (Å²) in [5.41, 5.74) is -0.594. The Morgan fingerprint density at radius 3 is 2.61 bits per heavy atom. The lowest BCUT2D eigenvalue weighted by Gasteiger charge is -2.21. The van der Waals surface area contributed by atoms with Crippen molar-refractivity contribution in [1.82, 2.24) is 19.8 Å². The zero-order chi connectivity index (χ0) is 16.7. The second-order valence-electron chi connectivity index (χ2n) is 6.87. The lowest BCUT2D eigenvalue weighted by molar-refractivity contribution is 0.0475. The molecular formula is C16H21N5O2. The quantitative estimate of drug-likeness (QED) is 0.768. The monoisotopic (exact) mass is 315 g/mol. The Morgan fingerprint density at radius 1 is 1.17 bits per heavy atom. The summed E-state index contributed by atoms with van der Waals surface area (Å²) >= 11 is 0. The maximum atomic E-state index is 10.5. The van der Waals surface area contributed by atoms with Crippen LogP contribution in [0.15, 0.2) is 34.9 Å². The highest BCUT2D eigenvalue weighted by atomic mass is 16.4. The number of furan rings is 1. The Balaban J connectivity index is 1.84. The summed E-state index contributed by atoms with van der Waals surface area (Å²) in [5, 5.41) is 26.5. The van der Waals surface area contributed by atoms with Crippen LogP contribution in [0.25, 0.3) is 5.65 Å². The molecule has 0 aromatic carbocycles. The average Bonchev–Trinajstić information content (AvgIpc) is 3.13. The molecule has 23 heavy (non-hydrogen) atoms. The highest BCUT2D eigenvalue weighted by Gasteiger charge is 2.26. The van der Waals surface area contributed by atoms with E-state index >= 15 is 0 Å². The molecule has 3 aromatic heterocycles. The topological polar surface area (TPSA) is 88.5 Å². The van der Waals surface area contributed by atoms with Crippen LogP contribution in [0.1, 0.15) is 39.3 Å². The Morgan fingerprint density at radius 2 is 1.96 bits per heavy atom. The van der Waals surface area contributed by atoms with Crippen LogP contribution in [0.3, 0.4) is 0 Å². The fourth-order valence-corrected chi connectivity index (χ4v) is 2.29. The summed E-state index contributed by atoms with van der Waals surface area (Å²) in [6, 6.07) is 7.16. The molecule has 0 saturated carbocycles. The van der Waals surface area contributed by atoms with Gasteiger partial charge in [0, 0.05) is 5.41 Å². The number of rotatable bonds is 4. The summed E-state index contributed by atoms with van der Waals surface area (Å²) < 4.78 is 7.00. The second-order valence-corrected chi connectivity index (χ2v) is 6.87. The summed E-state index contributed by atoms with van der Waals surface area (Å²) in [5.74, 6) is 1.93. The molecule has 122 valence electrons. The first-order valence-corrected chi connectivity index (χ1v) is 7.50. The van der Waals surface area contributed by atoms with Crippen LogP contribution in [-0.2, 0) is 11.0 Å². The van der Waals surface area contributed by atoms with Crippen LogP contribution < -0.4 is 5.32 Å². The first-order chi connectivity index (χ1) is 10.8. The van der Waals surface area contributed by atoms with Gasteiger partial charge in [-0.25, -0.2) is 0 Å². The normalized spacial score (nSPS) is 14.8. The average molecular weight is 315 g/mol. The van der Waals surface area contributed by atoms with Crippen molar-refractivity contribution >= 4 is 11.5 Å². The summed E-state index contributed by atoms with van der Waals surface area (Å²) in [6.45, 7) is 8.15. The number of fused-ring (bicyclic) bond motifs is 1. The standard InChI is InChI=1S/C16H21N5O2/c1-15(2,3)14-19-18-13-8-7-12(20-21(13)14)17-10-16(4,22)11-6-5-9-23-11/h5-9,22H,10H2,1-4H3,(H,17,20). The number of aliphatic hydroxyl groups is 1. The lowest BCUT2D eigenvalue weighted by Crippen LogP contribution is -2.30. The van der Waals surface area contributed by atoms with Gasteiger partial charge in [0.1, 0.15) is 17.2 Å². The third kappa shape index (κ3) is 3.05. The highest BCUT2D eigenvalue weighted by Crippen LogP contribution is 2.23. The van der Waals surface area contributed by atoms with Crippen molar-refractivity contribution in [2.75, 3.05) is 11.9 Å². The Labute approximate surface area is 134 Å². The predicted octanol–water partition coefficient (Wildman–Crippen LogP) is 2.33. The van der Waals surface area contributed by atoms with E-state index in [0.717, 1.165) is 5.82 Å². The van der Waals surface area contributed by atoms with Crippen molar-refractivity contribution in [2.45, 2.75) is 38.7 Å². The molecule has 3 rings (SSSR count). The van der Waals surface area contributed by atoms with Gasteiger partial charge in [0.15, 0.2) is 11.5 Å². The van der Waals surface area contributed by atoms with E-state index in [4.69, 9.17) is 4.42 Å². The van der Waals surface area contributed by atoms with Crippen LogP contribution in [0.4, 0.5) is 5.82 Å². The fraction of sp³-hybridized carbons (Fsp3) is 0.438. The minimum Gasteiger partial charge on any atom is -0.466 e. The first-order valence-electron chi connectivity index (χ1n) is 7.50.